The Morgan fingerprint density at radius 3 is 2.36 bits per heavy atom. The lowest BCUT2D eigenvalue weighted by Crippen LogP contribution is -2.60. The maximum absolute atomic E-state index is 16.5. The van der Waals surface area contributed by atoms with Crippen molar-refractivity contribution in [1.82, 2.24) is 4.90 Å². The number of carbonyl (C=O) groups is 3. The third-order valence-corrected chi connectivity index (χ3v) is 14.3. The van der Waals surface area contributed by atoms with Crippen molar-refractivity contribution in [2.75, 3.05) is 16.8 Å². The van der Waals surface area contributed by atoms with Crippen LogP contribution in [-0.2, 0) is 49.0 Å². The minimum absolute atomic E-state index is 0.0658. The minimum atomic E-state index is -3.60. The fourth-order valence-electron chi connectivity index (χ4n) is 8.88. The van der Waals surface area contributed by atoms with Crippen molar-refractivity contribution in [2.24, 2.45) is 5.92 Å². The predicted molar refractivity (Wildman–Crippen MR) is 201 cm³/mol. The van der Waals surface area contributed by atoms with Crippen molar-refractivity contribution in [2.45, 2.75) is 99.9 Å². The summed E-state index contributed by atoms with van der Waals surface area (Å²) in [7, 11) is -3.60. The van der Waals surface area contributed by atoms with Crippen LogP contribution < -0.4 is 10.2 Å². The molecular weight excluding hydrogens is 753 g/mol. The highest BCUT2D eigenvalue weighted by atomic mass is 35.5. The molecule has 0 radical (unpaired) electrons. The first kappa shape index (κ1) is 39.5. The van der Waals surface area contributed by atoms with E-state index in [1.165, 1.54) is 0 Å². The van der Waals surface area contributed by atoms with Gasteiger partial charge in [0.05, 0.1) is 37.4 Å². The molecule has 0 unspecified atom stereocenters. The van der Waals surface area contributed by atoms with Gasteiger partial charge in [-0.3, -0.25) is 14.4 Å². The van der Waals surface area contributed by atoms with E-state index in [-0.39, 0.29) is 31.2 Å². The summed E-state index contributed by atoms with van der Waals surface area (Å²) in [6.07, 6.45) is -9.52. The van der Waals surface area contributed by atoms with Gasteiger partial charge in [0.1, 0.15) is 18.3 Å². The van der Waals surface area contributed by atoms with Crippen molar-refractivity contribution in [3.05, 3.63) is 94.0 Å². The lowest BCUT2D eigenvalue weighted by molar-refractivity contribution is -0.274. The van der Waals surface area contributed by atoms with E-state index in [1.807, 2.05) is 24.3 Å². The van der Waals surface area contributed by atoms with Crippen molar-refractivity contribution in [3.8, 4) is 0 Å². The largest absolute Gasteiger partial charge is 0.394 e. The molecule has 3 aromatic carbocycles. The summed E-state index contributed by atoms with van der Waals surface area (Å²) in [5, 5.41) is 52.9. The lowest BCUT2D eigenvalue weighted by atomic mass is 9.82. The maximum atomic E-state index is 16.5. The second kappa shape index (κ2) is 15.0. The number of nitrogens with one attached hydrogen (secondary N) is 1. The summed E-state index contributed by atoms with van der Waals surface area (Å²) < 4.78 is 28.3. The predicted octanol–water partition coefficient (Wildman–Crippen LogP) is 2.74. The second-order valence-electron chi connectivity index (χ2n) is 15.5. The fourth-order valence-corrected chi connectivity index (χ4v) is 11.5. The van der Waals surface area contributed by atoms with E-state index in [0.717, 1.165) is 11.1 Å². The number of hydrogen-bond donors (Lipinski definition) is 6. The molecule has 4 aliphatic rings. The molecule has 2 saturated heterocycles. The van der Waals surface area contributed by atoms with Gasteiger partial charge in [0.2, 0.25) is 14.3 Å². The van der Waals surface area contributed by atoms with Crippen molar-refractivity contribution in [1.29, 1.82) is 0 Å². The molecule has 10 atom stereocenters. The highest BCUT2D eigenvalue weighted by Crippen LogP contribution is 2.60. The average molecular weight is 798 g/mol. The second-order valence-corrected chi connectivity index (χ2v) is 19.7. The molecule has 294 valence electrons. The first-order valence-electron chi connectivity index (χ1n) is 18.3. The van der Waals surface area contributed by atoms with E-state index >= 15 is 4.11 Å². The van der Waals surface area contributed by atoms with Gasteiger partial charge in [-0.05, 0) is 66.5 Å². The summed E-state index contributed by atoms with van der Waals surface area (Å²) >= 11 is 6.52. The molecule has 4 heterocycles. The normalized spacial score (nSPS) is 31.7. The Morgan fingerprint density at radius 2 is 1.69 bits per heavy atom. The van der Waals surface area contributed by atoms with Crippen LogP contribution in [0, 0.1) is 5.92 Å². The zero-order valence-corrected chi connectivity index (χ0v) is 32.3. The Morgan fingerprint density at radius 1 is 1.00 bits per heavy atom. The monoisotopic (exact) mass is 797 g/mol. The van der Waals surface area contributed by atoms with Crippen LogP contribution in [0.5, 0.6) is 0 Å². The SMILES string of the molecule is C[C@H]1[C@H]([Si](C)(C)F)[C@@H](CC(=O)N2Cc3ccccc3C[C@H]2CO)O[C@]12C(=O)N(Cc1ccc(NC(=O)[C@H]3O[C@@H](O)[C@H](O)[C@@H](O)[C@@H]3O)cc1)c1ccc(Cl)cc12. The number of aliphatic hydroxyl groups excluding tert-OH is 5. The van der Waals surface area contributed by atoms with Crippen molar-refractivity contribution < 1.29 is 53.5 Å². The van der Waals surface area contributed by atoms with Gasteiger partial charge in [0.25, 0.3) is 11.8 Å². The standard InChI is InChI=1S/C39H45ClFN3O10Si/c1-20-35(55(2,3)41)29(16-30(46)43-18-23-7-5-4-6-22(23)14-26(43)19-45)54-39(20)27-15-24(40)10-13-28(27)44(38(39)52)17-21-8-11-25(12-9-21)42-36(50)34-32(48)31(47)33(49)37(51)53-34/h4-13,15,20,26,29,31-35,37,45,47-49,51H,14,16-19H2,1-3H3,(H,42,50)/t20-,26-,29+,31-,32-,33+,34-,35-,37+,39+/m0/s1. The van der Waals surface area contributed by atoms with Gasteiger partial charge in [0.15, 0.2) is 18.0 Å². The van der Waals surface area contributed by atoms with Gasteiger partial charge >= 0.3 is 0 Å². The van der Waals surface area contributed by atoms with Gasteiger partial charge in [-0.1, -0.05) is 54.9 Å². The van der Waals surface area contributed by atoms with Gasteiger partial charge in [0, 0.05) is 34.3 Å². The molecule has 2 fully saturated rings. The van der Waals surface area contributed by atoms with Crippen LogP contribution in [0.4, 0.5) is 15.5 Å². The molecule has 6 N–H and O–H groups in total. The van der Waals surface area contributed by atoms with Gasteiger partial charge in [-0.25, -0.2) is 0 Å². The van der Waals surface area contributed by atoms with E-state index in [4.69, 9.17) is 21.1 Å². The molecule has 0 bridgehead atoms. The van der Waals surface area contributed by atoms with Crippen LogP contribution in [0.2, 0.25) is 23.7 Å². The van der Waals surface area contributed by atoms with Crippen LogP contribution in [-0.4, -0.2) is 106 Å². The number of rotatable bonds is 8. The van der Waals surface area contributed by atoms with Crippen molar-refractivity contribution >= 4 is 49.1 Å². The zero-order valence-electron chi connectivity index (χ0n) is 30.5. The third kappa shape index (κ3) is 7.00. The Bertz CT molecular complexity index is 1970. The van der Waals surface area contributed by atoms with Crippen LogP contribution in [0.25, 0.3) is 0 Å². The molecular formula is C39H45ClFN3O10Si. The van der Waals surface area contributed by atoms with E-state index in [2.05, 4.69) is 5.32 Å². The number of hydrogen-bond acceptors (Lipinski definition) is 10. The molecule has 16 heteroatoms. The molecule has 0 aromatic heterocycles. The van der Waals surface area contributed by atoms with Gasteiger partial charge < -0.3 is 54.2 Å². The number of nitrogens with zero attached hydrogens (tertiary/aromatic N) is 2. The van der Waals surface area contributed by atoms with E-state index in [9.17, 15) is 39.9 Å². The maximum Gasteiger partial charge on any atom is 0.264 e. The quantitative estimate of drug-likeness (QED) is 0.146. The Kier molecular flexibility index (Phi) is 10.7. The molecule has 7 rings (SSSR count). The van der Waals surface area contributed by atoms with Gasteiger partial charge in [-0.15, -0.1) is 0 Å². The summed E-state index contributed by atoms with van der Waals surface area (Å²) in [5.74, 6) is -2.24. The minimum Gasteiger partial charge on any atom is -0.394 e. The fraction of sp³-hybridized carbons (Fsp3) is 0.462. The van der Waals surface area contributed by atoms with E-state index in [0.29, 0.717) is 34.8 Å². The number of anilines is 2. The number of aliphatic hydroxyl groups is 5. The third-order valence-electron chi connectivity index (χ3n) is 11.6. The zero-order chi connectivity index (χ0) is 39.6. The Labute approximate surface area is 323 Å². The highest BCUT2D eigenvalue weighted by molar-refractivity contribution is 6.72. The smallest absolute Gasteiger partial charge is 0.264 e. The summed E-state index contributed by atoms with van der Waals surface area (Å²) in [6.45, 7) is 5.06. The molecule has 4 aliphatic heterocycles. The summed E-state index contributed by atoms with van der Waals surface area (Å²) in [5.41, 5.74) is 1.63. The van der Waals surface area contributed by atoms with Crippen LogP contribution in [0.15, 0.2) is 66.7 Å². The van der Waals surface area contributed by atoms with E-state index in [1.54, 1.807) is 72.3 Å². The topological polar surface area (TPSA) is 189 Å². The van der Waals surface area contributed by atoms with Crippen molar-refractivity contribution in [3.63, 3.8) is 0 Å². The highest BCUT2D eigenvalue weighted by Gasteiger charge is 2.67. The molecule has 13 nitrogen and oxygen atoms in total. The van der Waals surface area contributed by atoms with E-state index < -0.39 is 80.1 Å². The first-order valence-corrected chi connectivity index (χ1v) is 21.6. The number of fused-ring (bicyclic) bond motifs is 3. The number of ether oxygens (including phenoxy) is 2. The molecule has 0 aliphatic carbocycles. The number of amides is 3. The molecule has 3 amide bonds. The lowest BCUT2D eigenvalue weighted by Gasteiger charge is -2.37. The van der Waals surface area contributed by atoms with Crippen LogP contribution in [0.3, 0.4) is 0 Å². The van der Waals surface area contributed by atoms with Gasteiger partial charge in [-0.2, -0.15) is 0 Å². The first-order chi connectivity index (χ1) is 26.0. The number of benzene rings is 3. The number of halogens is 2. The summed E-state index contributed by atoms with van der Waals surface area (Å²) in [6, 6.07) is 18.8. The van der Waals surface area contributed by atoms with Crippen LogP contribution in [0.1, 0.15) is 35.6 Å². The Hall–Kier alpha value is -3.77. The van der Waals surface area contributed by atoms with Crippen LogP contribution >= 0.6 is 11.6 Å². The molecule has 0 saturated carbocycles. The molecule has 55 heavy (non-hydrogen) atoms. The summed E-state index contributed by atoms with van der Waals surface area (Å²) in [4.78, 5) is 44.9. The number of carbonyl (C=O) groups excluding carboxylic acids is 3. The Balaban J connectivity index is 1.13. The molecule has 3 aromatic rings. The molecule has 1 spiro atoms. The average Bonchev–Trinajstić information content (AvgIpc) is 3.57.